The van der Waals surface area contributed by atoms with Gasteiger partial charge in [-0.15, -0.1) is 0 Å². The van der Waals surface area contributed by atoms with Gasteiger partial charge in [0.1, 0.15) is 11.5 Å². The smallest absolute Gasteiger partial charge is 0.331 e. The van der Waals surface area contributed by atoms with Gasteiger partial charge in [-0.1, -0.05) is 52.7 Å². The minimum Gasteiger partial charge on any atom is -0.478 e. The van der Waals surface area contributed by atoms with Gasteiger partial charge in [0.25, 0.3) is 0 Å². The lowest BCUT2D eigenvalue weighted by Gasteiger charge is -2.47. The van der Waals surface area contributed by atoms with E-state index >= 15 is 0 Å². The minimum absolute atomic E-state index is 0.00125. The number of nitrogens with zero attached hydrogens (tertiary/aromatic N) is 1. The molecule has 3 fully saturated rings. The average Bonchev–Trinajstić information content (AvgIpc) is 3.60. The Balaban J connectivity index is 1.20. The lowest BCUT2D eigenvalue weighted by atomic mass is 9.64. The summed E-state index contributed by atoms with van der Waals surface area (Å²) in [5, 5.41) is 26.7. The first-order valence-corrected chi connectivity index (χ1v) is 13.5. The van der Waals surface area contributed by atoms with Crippen LogP contribution >= 0.6 is 23.2 Å². The average molecular weight is 530 g/mol. The molecule has 2 aromatic rings. The number of allylic oxidation sites excluding steroid dienone is 2. The zero-order chi connectivity index (χ0) is 25.0. The van der Waals surface area contributed by atoms with E-state index in [0.717, 1.165) is 49.8 Å². The van der Waals surface area contributed by atoms with Crippen LogP contribution < -0.4 is 0 Å². The SMILES string of the molecule is O=C(O)C1=CC=CC(C2(O)[C@@H]3CC[C@H]2CC(OCc2c(-c4c(Cl)cccc4Cl)noc2C2CC2)C3)C1. The molecule has 6 rings (SSSR count). The molecule has 8 heteroatoms. The number of ether oxygens (including phenoxy) is 1. The number of carboxylic acids is 1. The number of carboxylic acid groups (broad SMARTS) is 1. The summed E-state index contributed by atoms with van der Waals surface area (Å²) in [6.07, 6.45) is 11.3. The molecule has 3 saturated carbocycles. The van der Waals surface area contributed by atoms with Crippen molar-refractivity contribution in [3.63, 3.8) is 0 Å². The summed E-state index contributed by atoms with van der Waals surface area (Å²) in [6, 6.07) is 5.40. The van der Waals surface area contributed by atoms with Crippen LogP contribution in [-0.2, 0) is 16.1 Å². The van der Waals surface area contributed by atoms with Crippen molar-refractivity contribution in [3.05, 3.63) is 63.4 Å². The molecule has 2 N–H and O–H groups in total. The van der Waals surface area contributed by atoms with E-state index in [4.69, 9.17) is 32.5 Å². The van der Waals surface area contributed by atoms with Crippen molar-refractivity contribution in [2.45, 2.75) is 69.2 Å². The summed E-state index contributed by atoms with van der Waals surface area (Å²) in [5.74, 6) is 0.274. The fourth-order valence-electron chi connectivity index (χ4n) is 6.69. The molecule has 36 heavy (non-hydrogen) atoms. The molecular formula is C28H29Cl2NO5. The summed E-state index contributed by atoms with van der Waals surface area (Å²) >= 11 is 13.0. The second kappa shape index (κ2) is 9.32. The summed E-state index contributed by atoms with van der Waals surface area (Å²) in [6.45, 7) is 0.351. The summed E-state index contributed by atoms with van der Waals surface area (Å²) in [4.78, 5) is 11.5. The van der Waals surface area contributed by atoms with Crippen LogP contribution in [0.15, 0.2) is 46.5 Å². The third-order valence-corrected chi connectivity index (χ3v) is 9.28. The molecule has 2 bridgehead atoms. The topological polar surface area (TPSA) is 92.8 Å². The first-order chi connectivity index (χ1) is 17.4. The Labute approximate surface area is 219 Å². The van der Waals surface area contributed by atoms with E-state index in [-0.39, 0.29) is 23.9 Å². The predicted molar refractivity (Wildman–Crippen MR) is 136 cm³/mol. The van der Waals surface area contributed by atoms with Crippen molar-refractivity contribution in [1.29, 1.82) is 0 Å². The highest BCUT2D eigenvalue weighted by molar-refractivity contribution is 6.39. The molecule has 0 saturated heterocycles. The monoisotopic (exact) mass is 529 g/mol. The van der Waals surface area contributed by atoms with E-state index in [0.29, 0.717) is 45.8 Å². The number of carbonyl (C=O) groups is 1. The molecule has 1 aromatic heterocycles. The number of rotatable bonds is 7. The van der Waals surface area contributed by atoms with E-state index in [2.05, 4.69) is 5.16 Å². The van der Waals surface area contributed by atoms with E-state index in [1.54, 1.807) is 24.3 Å². The van der Waals surface area contributed by atoms with Gasteiger partial charge in [-0.3, -0.25) is 0 Å². The Kier molecular flexibility index (Phi) is 6.27. The van der Waals surface area contributed by atoms with E-state index in [1.165, 1.54) is 0 Å². The minimum atomic E-state index is -0.910. The highest BCUT2D eigenvalue weighted by Gasteiger charge is 2.57. The number of aliphatic hydroxyl groups is 1. The molecule has 0 amide bonds. The summed E-state index contributed by atoms with van der Waals surface area (Å²) in [5.41, 5.74) is 1.69. The van der Waals surface area contributed by atoms with Gasteiger partial charge in [0.2, 0.25) is 0 Å². The molecule has 0 aliphatic heterocycles. The fraction of sp³-hybridized carbons (Fsp3) is 0.500. The van der Waals surface area contributed by atoms with Crippen molar-refractivity contribution >= 4 is 29.2 Å². The van der Waals surface area contributed by atoms with Crippen molar-refractivity contribution in [3.8, 4) is 11.3 Å². The van der Waals surface area contributed by atoms with Crippen LogP contribution in [0.25, 0.3) is 11.3 Å². The van der Waals surface area contributed by atoms with Gasteiger partial charge >= 0.3 is 5.97 Å². The highest BCUT2D eigenvalue weighted by Crippen LogP contribution is 2.56. The van der Waals surface area contributed by atoms with Crippen molar-refractivity contribution in [2.24, 2.45) is 17.8 Å². The van der Waals surface area contributed by atoms with Crippen LogP contribution in [0.2, 0.25) is 10.0 Å². The molecule has 4 aliphatic rings. The first-order valence-electron chi connectivity index (χ1n) is 12.7. The van der Waals surface area contributed by atoms with Crippen molar-refractivity contribution in [2.75, 3.05) is 0 Å². The number of fused-ring (bicyclic) bond motifs is 2. The molecule has 190 valence electrons. The Morgan fingerprint density at radius 1 is 1.14 bits per heavy atom. The highest BCUT2D eigenvalue weighted by atomic mass is 35.5. The summed E-state index contributed by atoms with van der Waals surface area (Å²) in [7, 11) is 0. The van der Waals surface area contributed by atoms with Crippen LogP contribution in [0.5, 0.6) is 0 Å². The van der Waals surface area contributed by atoms with Crippen LogP contribution in [0.4, 0.5) is 0 Å². The van der Waals surface area contributed by atoms with Crippen LogP contribution in [0.1, 0.15) is 62.2 Å². The van der Waals surface area contributed by atoms with Gasteiger partial charge in [-0.05, 0) is 68.9 Å². The van der Waals surface area contributed by atoms with Crippen LogP contribution in [0, 0.1) is 17.8 Å². The van der Waals surface area contributed by atoms with Gasteiger partial charge in [-0.25, -0.2) is 4.79 Å². The number of aliphatic carboxylic acids is 1. The molecule has 6 nitrogen and oxygen atoms in total. The van der Waals surface area contributed by atoms with E-state index in [1.807, 2.05) is 12.1 Å². The van der Waals surface area contributed by atoms with Crippen molar-refractivity contribution < 1.29 is 24.3 Å². The predicted octanol–water partition coefficient (Wildman–Crippen LogP) is 6.55. The third kappa shape index (κ3) is 4.12. The first kappa shape index (κ1) is 24.2. The second-order valence-electron chi connectivity index (χ2n) is 10.7. The van der Waals surface area contributed by atoms with Gasteiger partial charge in [0.15, 0.2) is 0 Å². The molecule has 0 spiro atoms. The molecule has 1 aromatic carbocycles. The second-order valence-corrected chi connectivity index (χ2v) is 11.5. The third-order valence-electron chi connectivity index (χ3n) is 8.65. The molecular weight excluding hydrogens is 501 g/mol. The lowest BCUT2D eigenvalue weighted by molar-refractivity contribution is -0.137. The quantitative estimate of drug-likeness (QED) is 0.422. The van der Waals surface area contributed by atoms with Gasteiger partial charge < -0.3 is 19.5 Å². The number of halogens is 2. The van der Waals surface area contributed by atoms with Crippen LogP contribution in [0.3, 0.4) is 0 Å². The Morgan fingerprint density at radius 2 is 1.83 bits per heavy atom. The summed E-state index contributed by atoms with van der Waals surface area (Å²) < 4.78 is 12.3. The largest absolute Gasteiger partial charge is 0.478 e. The van der Waals surface area contributed by atoms with Gasteiger partial charge in [0.05, 0.1) is 28.4 Å². The number of aromatic nitrogens is 1. The maximum absolute atomic E-state index is 11.9. The number of benzene rings is 1. The molecule has 3 unspecified atom stereocenters. The Hall–Kier alpha value is -2.12. The molecule has 1 heterocycles. The van der Waals surface area contributed by atoms with Gasteiger partial charge in [-0.2, -0.15) is 0 Å². The van der Waals surface area contributed by atoms with E-state index < -0.39 is 11.6 Å². The zero-order valence-corrected chi connectivity index (χ0v) is 21.3. The van der Waals surface area contributed by atoms with E-state index in [9.17, 15) is 15.0 Å². The number of hydrogen-bond acceptors (Lipinski definition) is 5. The number of hydrogen-bond donors (Lipinski definition) is 2. The Morgan fingerprint density at radius 3 is 2.47 bits per heavy atom. The van der Waals surface area contributed by atoms with Crippen LogP contribution in [-0.4, -0.2) is 33.0 Å². The molecule has 4 aliphatic carbocycles. The normalized spacial score (nSPS) is 31.5. The fourth-order valence-corrected chi connectivity index (χ4v) is 7.26. The zero-order valence-electron chi connectivity index (χ0n) is 19.8. The molecule has 5 atom stereocenters. The lowest BCUT2D eigenvalue weighted by Crippen LogP contribution is -2.52. The Bertz CT molecular complexity index is 1210. The van der Waals surface area contributed by atoms with Crippen molar-refractivity contribution in [1.82, 2.24) is 5.16 Å². The maximum Gasteiger partial charge on any atom is 0.331 e. The van der Waals surface area contributed by atoms with Gasteiger partial charge in [0, 0.05) is 28.5 Å². The molecule has 0 radical (unpaired) electrons. The maximum atomic E-state index is 11.9. The standard InChI is InChI=1S/C28H29Cl2NO5/c29-22-5-2-6-23(30)24(22)25-21(26(36-31-25)15-7-8-15)14-35-20-12-18-9-10-19(13-20)28(18,34)17-4-1-3-16(11-17)27(32)33/h1-6,15,17-20,34H,7-14H2,(H,32,33)/t17?,18-,19+,20?,28?.